The average molecular weight is 345 g/mol. The minimum atomic E-state index is 1.08. The maximum absolute atomic E-state index is 3.44. The Hall–Kier alpha value is -0.980. The van der Waals surface area contributed by atoms with Crippen LogP contribution in [-0.4, -0.2) is 6.54 Å². The van der Waals surface area contributed by atoms with Gasteiger partial charge in [-0.25, -0.2) is 0 Å². The van der Waals surface area contributed by atoms with E-state index in [1.807, 2.05) is 12.1 Å². The van der Waals surface area contributed by atoms with E-state index in [0.29, 0.717) is 0 Å². The number of hydrogen-bond donors (Lipinski definition) is 1. The molecule has 1 heteroatoms. The third-order valence-corrected chi connectivity index (χ3v) is 5.05. The maximum Gasteiger partial charge on any atom is 0.0420 e. The Morgan fingerprint density at radius 3 is 1.56 bits per heavy atom. The standard InChI is InChI=1S/C24H42N/c1-2-3-4-5-6-7-8-9-10-11-12-13-14-15-16-20-23-25-24-21-18-17-19-22-24/h17-19,21,25H,2-16,20,23H2,1H3. The second-order valence-electron chi connectivity index (χ2n) is 7.51. The van der Waals surface area contributed by atoms with E-state index >= 15 is 0 Å². The Morgan fingerprint density at radius 1 is 0.640 bits per heavy atom. The second-order valence-corrected chi connectivity index (χ2v) is 7.51. The van der Waals surface area contributed by atoms with Gasteiger partial charge in [-0.1, -0.05) is 121 Å². The minimum absolute atomic E-state index is 1.08. The van der Waals surface area contributed by atoms with Crippen molar-refractivity contribution < 1.29 is 0 Å². The van der Waals surface area contributed by atoms with E-state index in [1.165, 1.54) is 103 Å². The van der Waals surface area contributed by atoms with Crippen LogP contribution in [0.25, 0.3) is 0 Å². The lowest BCUT2D eigenvalue weighted by atomic mass is 10.0. The lowest BCUT2D eigenvalue weighted by molar-refractivity contribution is 0.530. The first kappa shape index (κ1) is 22.1. The van der Waals surface area contributed by atoms with E-state index in [1.54, 1.807) is 0 Å². The third-order valence-electron chi connectivity index (χ3n) is 5.05. The first-order valence-electron chi connectivity index (χ1n) is 11.1. The third kappa shape index (κ3) is 15.0. The largest absolute Gasteiger partial charge is 0.385 e. The van der Waals surface area contributed by atoms with Crippen LogP contribution in [0.4, 0.5) is 5.69 Å². The summed E-state index contributed by atoms with van der Waals surface area (Å²) in [5.74, 6) is 0. The van der Waals surface area contributed by atoms with Crippen molar-refractivity contribution in [1.29, 1.82) is 0 Å². The van der Waals surface area contributed by atoms with Crippen LogP contribution in [-0.2, 0) is 0 Å². The van der Waals surface area contributed by atoms with Gasteiger partial charge in [-0.05, 0) is 12.5 Å². The summed E-state index contributed by atoms with van der Waals surface area (Å²) in [5, 5.41) is 3.44. The monoisotopic (exact) mass is 344 g/mol. The molecular formula is C24H42N. The number of hydrogen-bond acceptors (Lipinski definition) is 1. The molecule has 0 atom stereocenters. The summed E-state index contributed by atoms with van der Waals surface area (Å²) in [7, 11) is 0. The molecule has 25 heavy (non-hydrogen) atoms. The van der Waals surface area contributed by atoms with Crippen molar-refractivity contribution in [2.45, 2.75) is 110 Å². The molecule has 1 aromatic rings. The van der Waals surface area contributed by atoms with Gasteiger partial charge in [-0.3, -0.25) is 0 Å². The van der Waals surface area contributed by atoms with Crippen molar-refractivity contribution >= 4 is 5.69 Å². The summed E-state index contributed by atoms with van der Waals surface area (Å²) in [4.78, 5) is 0. The van der Waals surface area contributed by atoms with Crippen LogP contribution in [0, 0.1) is 6.07 Å². The lowest BCUT2D eigenvalue weighted by Crippen LogP contribution is -2.00. The molecule has 1 radical (unpaired) electrons. The Kier molecular flexibility index (Phi) is 15.7. The van der Waals surface area contributed by atoms with Crippen LogP contribution < -0.4 is 5.32 Å². The molecule has 0 saturated heterocycles. The Balaban J connectivity index is 1.69. The highest BCUT2D eigenvalue weighted by molar-refractivity contribution is 5.40. The van der Waals surface area contributed by atoms with Gasteiger partial charge in [0.15, 0.2) is 0 Å². The SMILES string of the molecule is CCCCCCCCCCCCCCCCCCNc1[c]cccc1. The van der Waals surface area contributed by atoms with Crippen molar-refractivity contribution in [2.75, 3.05) is 11.9 Å². The van der Waals surface area contributed by atoms with Gasteiger partial charge in [-0.15, -0.1) is 0 Å². The van der Waals surface area contributed by atoms with Crippen LogP contribution in [0.15, 0.2) is 24.3 Å². The summed E-state index contributed by atoms with van der Waals surface area (Å²) < 4.78 is 0. The van der Waals surface area contributed by atoms with Crippen molar-refractivity contribution in [2.24, 2.45) is 0 Å². The summed E-state index contributed by atoms with van der Waals surface area (Å²) in [6.07, 6.45) is 22.9. The van der Waals surface area contributed by atoms with Gasteiger partial charge in [-0.2, -0.15) is 0 Å². The molecule has 143 valence electrons. The fraction of sp³-hybridized carbons (Fsp3) is 0.750. The van der Waals surface area contributed by atoms with Crippen LogP contribution in [0.1, 0.15) is 110 Å². The van der Waals surface area contributed by atoms with Crippen molar-refractivity contribution in [3.8, 4) is 0 Å². The number of nitrogens with one attached hydrogen (secondary N) is 1. The molecule has 0 aliphatic rings. The molecular weight excluding hydrogens is 302 g/mol. The molecule has 0 aliphatic heterocycles. The molecule has 0 aromatic heterocycles. The normalized spacial score (nSPS) is 10.9. The van der Waals surface area contributed by atoms with Crippen LogP contribution in [0.3, 0.4) is 0 Å². The molecule has 0 heterocycles. The van der Waals surface area contributed by atoms with E-state index < -0.39 is 0 Å². The van der Waals surface area contributed by atoms with E-state index in [0.717, 1.165) is 12.2 Å². The summed E-state index contributed by atoms with van der Waals surface area (Å²) in [5.41, 5.74) is 1.13. The highest BCUT2D eigenvalue weighted by Gasteiger charge is 1.95. The number of para-hydroxylation sites is 1. The minimum Gasteiger partial charge on any atom is -0.385 e. The average Bonchev–Trinajstić information content (AvgIpc) is 2.65. The fourth-order valence-corrected chi connectivity index (χ4v) is 3.40. The van der Waals surface area contributed by atoms with Gasteiger partial charge >= 0.3 is 0 Å². The predicted molar refractivity (Wildman–Crippen MR) is 113 cm³/mol. The van der Waals surface area contributed by atoms with Gasteiger partial charge < -0.3 is 5.32 Å². The fourth-order valence-electron chi connectivity index (χ4n) is 3.40. The van der Waals surface area contributed by atoms with Gasteiger partial charge in [0.05, 0.1) is 0 Å². The highest BCUT2D eigenvalue weighted by Crippen LogP contribution is 2.13. The van der Waals surface area contributed by atoms with Crippen LogP contribution in [0.2, 0.25) is 0 Å². The molecule has 0 saturated carbocycles. The van der Waals surface area contributed by atoms with Crippen molar-refractivity contribution in [3.05, 3.63) is 30.3 Å². The molecule has 0 fully saturated rings. The van der Waals surface area contributed by atoms with E-state index in [-0.39, 0.29) is 0 Å². The maximum atomic E-state index is 3.44. The number of unbranched alkanes of at least 4 members (excludes halogenated alkanes) is 15. The summed E-state index contributed by atoms with van der Waals surface area (Å²) >= 11 is 0. The van der Waals surface area contributed by atoms with Gasteiger partial charge in [0, 0.05) is 18.3 Å². The Morgan fingerprint density at radius 2 is 1.12 bits per heavy atom. The van der Waals surface area contributed by atoms with Crippen LogP contribution in [0.5, 0.6) is 0 Å². The first-order valence-corrected chi connectivity index (χ1v) is 11.1. The zero-order valence-electron chi connectivity index (χ0n) is 16.8. The van der Waals surface area contributed by atoms with Gasteiger partial charge in [0.1, 0.15) is 0 Å². The topological polar surface area (TPSA) is 12.0 Å². The van der Waals surface area contributed by atoms with Gasteiger partial charge in [0.25, 0.3) is 0 Å². The number of benzene rings is 1. The second kappa shape index (κ2) is 17.8. The van der Waals surface area contributed by atoms with E-state index in [4.69, 9.17) is 0 Å². The molecule has 0 aliphatic carbocycles. The molecule has 0 bridgehead atoms. The van der Waals surface area contributed by atoms with Crippen molar-refractivity contribution in [1.82, 2.24) is 0 Å². The summed E-state index contributed by atoms with van der Waals surface area (Å²) in [6, 6.07) is 11.3. The number of anilines is 1. The van der Waals surface area contributed by atoms with Gasteiger partial charge in [0.2, 0.25) is 0 Å². The quantitative estimate of drug-likeness (QED) is 0.265. The Bertz CT molecular complexity index is 360. The van der Waals surface area contributed by atoms with E-state index in [9.17, 15) is 0 Å². The zero-order chi connectivity index (χ0) is 17.8. The predicted octanol–water partition coefficient (Wildman–Crippen LogP) is 8.16. The van der Waals surface area contributed by atoms with Crippen molar-refractivity contribution in [3.63, 3.8) is 0 Å². The molecule has 1 aromatic carbocycles. The number of rotatable bonds is 18. The lowest BCUT2D eigenvalue weighted by Gasteiger charge is -2.06. The molecule has 0 spiro atoms. The Labute approximate surface area is 158 Å². The smallest absolute Gasteiger partial charge is 0.0420 e. The first-order chi connectivity index (χ1) is 12.4. The zero-order valence-corrected chi connectivity index (χ0v) is 16.8. The van der Waals surface area contributed by atoms with E-state index in [2.05, 4.69) is 30.4 Å². The molecule has 0 unspecified atom stereocenters. The highest BCUT2D eigenvalue weighted by atomic mass is 14.9. The molecule has 1 N–H and O–H groups in total. The van der Waals surface area contributed by atoms with Crippen LogP contribution >= 0.6 is 0 Å². The molecule has 0 amide bonds. The molecule has 1 nitrogen and oxygen atoms in total. The molecule has 1 rings (SSSR count). The summed E-state index contributed by atoms with van der Waals surface area (Å²) in [6.45, 7) is 3.38.